The molecule has 0 unspecified atom stereocenters. The second kappa shape index (κ2) is 8.93. The predicted molar refractivity (Wildman–Crippen MR) is 123 cm³/mol. The van der Waals surface area contributed by atoms with Gasteiger partial charge in [0.05, 0.1) is 29.8 Å². The van der Waals surface area contributed by atoms with E-state index in [1.54, 1.807) is 0 Å². The zero-order valence-corrected chi connectivity index (χ0v) is 20.7. The number of amides is 3. The Bertz CT molecular complexity index is 1380. The fraction of sp³-hybridized carbons (Fsp3) is 0.500. The Morgan fingerprint density at radius 3 is 2.34 bits per heavy atom. The minimum Gasteiger partial charge on any atom is -0.370 e. The molecule has 4 heterocycles. The lowest BCUT2D eigenvalue weighted by Crippen LogP contribution is -2.90. The second-order valence-corrected chi connectivity index (χ2v) is 10.00. The van der Waals surface area contributed by atoms with Crippen molar-refractivity contribution in [3.63, 3.8) is 0 Å². The Morgan fingerprint density at radius 2 is 1.76 bits per heavy atom. The maximum atomic E-state index is 13.6. The van der Waals surface area contributed by atoms with Gasteiger partial charge in [-0.2, -0.15) is 26.3 Å². The molecule has 0 radical (unpaired) electrons. The first-order chi connectivity index (χ1) is 18.9. The van der Waals surface area contributed by atoms with Gasteiger partial charge in [0.1, 0.15) is 12.1 Å². The van der Waals surface area contributed by atoms with Crippen molar-refractivity contribution in [3.8, 4) is 0 Å². The number of imide groups is 1. The number of likely N-dealkylation sites (tertiary alicyclic amines) is 1. The number of rotatable bonds is 4. The molecule has 19 heteroatoms. The summed E-state index contributed by atoms with van der Waals surface area (Å²) in [4.78, 5) is 46.4. The minimum atomic E-state index is -5.22. The van der Waals surface area contributed by atoms with E-state index in [9.17, 15) is 50.9 Å². The first kappa shape index (κ1) is 28.4. The average molecular weight is 593 g/mol. The Hall–Kier alpha value is -4.13. The Balaban J connectivity index is 1.49. The number of carbonyl (C=O) groups is 3. The first-order valence-electron chi connectivity index (χ1n) is 12.0. The molecule has 0 saturated carbocycles. The van der Waals surface area contributed by atoms with Gasteiger partial charge in [0, 0.05) is 12.8 Å². The first-order valence-corrected chi connectivity index (χ1v) is 12.0. The van der Waals surface area contributed by atoms with E-state index in [2.05, 4.69) is 15.3 Å². The molecule has 1 spiro atoms. The van der Waals surface area contributed by atoms with Crippen molar-refractivity contribution in [3.05, 3.63) is 34.9 Å². The molecule has 0 aromatic heterocycles. The number of nitrogens with two attached hydrogens (primary N) is 2. The van der Waals surface area contributed by atoms with Crippen LogP contribution in [0.25, 0.3) is 0 Å². The molecule has 5 rings (SSSR count). The largest absolute Gasteiger partial charge is 0.417 e. The van der Waals surface area contributed by atoms with Gasteiger partial charge in [-0.25, -0.2) is 10.3 Å². The maximum Gasteiger partial charge on any atom is 0.417 e. The lowest BCUT2D eigenvalue weighted by Gasteiger charge is -2.46. The van der Waals surface area contributed by atoms with Crippen molar-refractivity contribution < 1.29 is 55.9 Å². The molecular formula is C22H23F6N8O5+. The van der Waals surface area contributed by atoms with E-state index in [1.807, 2.05) is 5.32 Å². The molecule has 1 aromatic rings. The molecule has 2 fully saturated rings. The summed E-state index contributed by atoms with van der Waals surface area (Å²) in [6.07, 6.45) is -10.4. The summed E-state index contributed by atoms with van der Waals surface area (Å²) in [6, 6.07) is -3.93. The molecular weight excluding hydrogens is 570 g/mol. The van der Waals surface area contributed by atoms with E-state index in [0.29, 0.717) is 0 Å². The van der Waals surface area contributed by atoms with Crippen LogP contribution in [0, 0.1) is 0 Å². The number of hydrogen-bond donors (Lipinski definition) is 7. The lowest BCUT2D eigenvalue weighted by molar-refractivity contribution is -0.521. The van der Waals surface area contributed by atoms with Crippen LogP contribution in [0.2, 0.25) is 0 Å². The molecule has 4 aliphatic heterocycles. The van der Waals surface area contributed by atoms with Crippen LogP contribution in [0.15, 0.2) is 23.2 Å². The number of carbonyl (C=O) groups excluding carboxylic acids is 3. The van der Waals surface area contributed by atoms with Crippen LogP contribution >= 0.6 is 0 Å². The van der Waals surface area contributed by atoms with Crippen LogP contribution in [-0.2, 0) is 21.9 Å². The summed E-state index contributed by atoms with van der Waals surface area (Å²) in [5, 5.41) is 27.4. The van der Waals surface area contributed by atoms with E-state index < -0.39 is 82.9 Å². The van der Waals surface area contributed by atoms with Crippen molar-refractivity contribution in [1.82, 2.24) is 20.4 Å². The van der Waals surface area contributed by atoms with Crippen molar-refractivity contribution in [2.45, 2.75) is 54.8 Å². The summed E-state index contributed by atoms with van der Waals surface area (Å²) in [5.41, 5.74) is 5.21. The van der Waals surface area contributed by atoms with Crippen LogP contribution in [0.1, 0.15) is 34.3 Å². The standard InChI is InChI=1S/C22H22F6N8O5/c23-21(24,25)8-1-2-10(22(26,27)28)9(5-8)16(39)32-12-7-36-18(30)31-11(6-35-13(37)3-4-14(35)38)15-19(36,20(12,40)41)34-17(29)33-15/h1-2,5,11-12,15,40-41H,3-4,6-7H2,(H2,30,31)(H,32,39)(H3,29,33,34)/p+1/t11-,12-,15-,19-/m0/s1. The number of nitrogens with zero attached hydrogens (tertiary/aromatic N) is 3. The number of nitrogens with one attached hydrogen (secondary N) is 3. The Labute approximate surface area is 225 Å². The van der Waals surface area contributed by atoms with Gasteiger partial charge in [-0.15, -0.1) is 0 Å². The summed E-state index contributed by atoms with van der Waals surface area (Å²) in [6.45, 7) is -0.937. The van der Waals surface area contributed by atoms with Gasteiger partial charge in [0.2, 0.25) is 17.6 Å². The zero-order chi connectivity index (χ0) is 30.3. The van der Waals surface area contributed by atoms with Crippen molar-refractivity contribution >= 4 is 29.6 Å². The van der Waals surface area contributed by atoms with E-state index in [1.165, 1.54) is 0 Å². The second-order valence-electron chi connectivity index (χ2n) is 10.00. The summed E-state index contributed by atoms with van der Waals surface area (Å²) in [5.74, 6) is -6.39. The Morgan fingerprint density at radius 1 is 1.12 bits per heavy atom. The fourth-order valence-electron chi connectivity index (χ4n) is 5.73. The van der Waals surface area contributed by atoms with Gasteiger partial charge in [-0.05, 0) is 18.2 Å². The molecule has 9 N–H and O–H groups in total. The average Bonchev–Trinajstić information content (AvgIpc) is 3.45. The van der Waals surface area contributed by atoms with E-state index in [0.717, 1.165) is 9.80 Å². The number of aliphatic imine (C=N–C) groups is 1. The molecule has 41 heavy (non-hydrogen) atoms. The number of guanidine groups is 2. The fourth-order valence-corrected chi connectivity index (χ4v) is 5.73. The van der Waals surface area contributed by atoms with Gasteiger partial charge < -0.3 is 21.3 Å². The van der Waals surface area contributed by atoms with Crippen molar-refractivity contribution in [2.75, 3.05) is 13.1 Å². The Kier molecular flexibility index (Phi) is 6.19. The molecule has 2 saturated heterocycles. The molecule has 0 bridgehead atoms. The smallest absolute Gasteiger partial charge is 0.370 e. The molecule has 4 aliphatic rings. The predicted octanol–water partition coefficient (Wildman–Crippen LogP) is -3.27. The highest BCUT2D eigenvalue weighted by Gasteiger charge is 2.76. The quantitative estimate of drug-likeness (QED) is 0.106. The number of halogens is 6. The molecule has 3 amide bonds. The summed E-state index contributed by atoms with van der Waals surface area (Å²) < 4.78 is 80.5. The van der Waals surface area contributed by atoms with Gasteiger partial charge in [0.15, 0.2) is 12.0 Å². The highest BCUT2D eigenvalue weighted by molar-refractivity contribution is 6.02. The monoisotopic (exact) mass is 593 g/mol. The number of benzene rings is 1. The summed E-state index contributed by atoms with van der Waals surface area (Å²) in [7, 11) is 0. The topological polar surface area (TPSA) is 201 Å². The van der Waals surface area contributed by atoms with Crippen LogP contribution in [0.4, 0.5) is 26.3 Å². The third kappa shape index (κ3) is 4.30. The number of alkyl halides is 6. The molecule has 222 valence electrons. The highest BCUT2D eigenvalue weighted by atomic mass is 19.4. The van der Waals surface area contributed by atoms with E-state index in [4.69, 9.17) is 11.5 Å². The van der Waals surface area contributed by atoms with Crippen LogP contribution in [0.3, 0.4) is 0 Å². The van der Waals surface area contributed by atoms with Gasteiger partial charge in [-0.1, -0.05) is 0 Å². The maximum absolute atomic E-state index is 13.6. The normalized spacial score (nSPS) is 29.1. The van der Waals surface area contributed by atoms with Gasteiger partial charge in [-0.3, -0.25) is 34.9 Å². The highest BCUT2D eigenvalue weighted by Crippen LogP contribution is 2.42. The molecule has 13 nitrogen and oxygen atoms in total. The van der Waals surface area contributed by atoms with Crippen LogP contribution < -0.4 is 27.1 Å². The van der Waals surface area contributed by atoms with Crippen molar-refractivity contribution in [1.29, 1.82) is 0 Å². The van der Waals surface area contributed by atoms with Crippen molar-refractivity contribution in [2.24, 2.45) is 16.5 Å². The van der Waals surface area contributed by atoms with E-state index in [-0.39, 0.29) is 49.5 Å². The summed E-state index contributed by atoms with van der Waals surface area (Å²) >= 11 is 0. The molecule has 1 aromatic carbocycles. The van der Waals surface area contributed by atoms with Crippen LogP contribution in [0.5, 0.6) is 0 Å². The molecule has 4 atom stereocenters. The number of aliphatic hydroxyl groups is 2. The molecule has 0 aliphatic carbocycles. The lowest BCUT2D eigenvalue weighted by atomic mass is 9.84. The third-order valence-corrected chi connectivity index (χ3v) is 7.61. The third-order valence-electron chi connectivity index (χ3n) is 7.61. The van der Waals surface area contributed by atoms with E-state index >= 15 is 0 Å². The van der Waals surface area contributed by atoms with Gasteiger partial charge in [0.25, 0.3) is 11.6 Å². The zero-order valence-electron chi connectivity index (χ0n) is 20.7. The SMILES string of the molecule is NC1=N[C@@H](CN2C(=O)CCC2=O)[C@@H]2[NH+]=C(N)N[C@]23N1C[C@H](NC(=O)c1cc(C(F)(F)F)ccc1C(F)(F)F)C3(O)O. The van der Waals surface area contributed by atoms with Gasteiger partial charge >= 0.3 is 18.3 Å². The minimum absolute atomic E-state index is 0.00895. The number of hydrogen-bond acceptors (Lipinski definition) is 10. The van der Waals surface area contributed by atoms with Crippen LogP contribution in [-0.4, -0.2) is 92.3 Å².